The van der Waals surface area contributed by atoms with Crippen molar-refractivity contribution < 1.29 is 5.11 Å². The number of aromatic hydroxyl groups is 1. The fraction of sp³-hybridized carbons (Fsp3) is 0.333. The summed E-state index contributed by atoms with van der Waals surface area (Å²) in [6.07, 6.45) is 3.34. The van der Waals surface area contributed by atoms with Crippen LogP contribution >= 0.6 is 23.2 Å². The van der Waals surface area contributed by atoms with Gasteiger partial charge < -0.3 is 5.11 Å². The normalized spacial score (nSPS) is 14.4. The average Bonchev–Trinajstić information content (AvgIpc) is 3.21. The van der Waals surface area contributed by atoms with Crippen LogP contribution in [-0.4, -0.2) is 14.7 Å². The topological polar surface area (TPSA) is 55.1 Å². The monoisotopic (exact) mass is 324 g/mol. The Morgan fingerprint density at radius 1 is 1.29 bits per heavy atom. The molecule has 1 aliphatic carbocycles. The van der Waals surface area contributed by atoms with E-state index in [4.69, 9.17) is 23.2 Å². The van der Waals surface area contributed by atoms with Crippen molar-refractivity contribution in [1.29, 1.82) is 0 Å². The fourth-order valence-corrected chi connectivity index (χ4v) is 2.90. The van der Waals surface area contributed by atoms with Crippen LogP contribution in [0.1, 0.15) is 19.3 Å². The molecule has 0 bridgehead atoms. The van der Waals surface area contributed by atoms with Crippen molar-refractivity contribution >= 4 is 23.2 Å². The fourth-order valence-electron chi connectivity index (χ4n) is 2.33. The molecule has 1 N–H and O–H groups in total. The number of nitrogens with zero attached hydrogens (tertiary/aromatic N) is 2. The third-order valence-corrected chi connectivity index (χ3v) is 4.27. The maximum atomic E-state index is 12.2. The second-order valence-electron chi connectivity index (χ2n) is 5.26. The quantitative estimate of drug-likeness (QED) is 0.932. The van der Waals surface area contributed by atoms with E-state index in [1.807, 2.05) is 0 Å². The summed E-state index contributed by atoms with van der Waals surface area (Å²) in [6.45, 7) is 0.549. The predicted octanol–water partition coefficient (Wildman–Crippen LogP) is 3.72. The highest BCUT2D eigenvalue weighted by atomic mass is 35.5. The Morgan fingerprint density at radius 2 is 1.95 bits per heavy atom. The van der Waals surface area contributed by atoms with E-state index in [0.29, 0.717) is 33.9 Å². The number of aromatic nitrogens is 2. The molecule has 6 heteroatoms. The Hall–Kier alpha value is -1.52. The summed E-state index contributed by atoms with van der Waals surface area (Å²) >= 11 is 12.4. The second kappa shape index (κ2) is 5.70. The molecule has 0 atom stereocenters. The van der Waals surface area contributed by atoms with Gasteiger partial charge >= 0.3 is 0 Å². The summed E-state index contributed by atoms with van der Waals surface area (Å²) in [5, 5.41) is 10.4. The Bertz CT molecular complexity index is 719. The first-order chi connectivity index (χ1) is 10.1. The highest BCUT2D eigenvalue weighted by Crippen LogP contribution is 2.35. The van der Waals surface area contributed by atoms with E-state index in [1.165, 1.54) is 17.4 Å². The SMILES string of the molecule is O=c1cc(O)nc(-c2c(Cl)cccc2Cl)n1CCC1CC1. The van der Waals surface area contributed by atoms with E-state index >= 15 is 0 Å². The van der Waals surface area contributed by atoms with Crippen molar-refractivity contribution in [3.8, 4) is 17.3 Å². The van der Waals surface area contributed by atoms with Gasteiger partial charge in [0.05, 0.1) is 21.7 Å². The van der Waals surface area contributed by atoms with Gasteiger partial charge in [0, 0.05) is 6.54 Å². The summed E-state index contributed by atoms with van der Waals surface area (Å²) in [4.78, 5) is 16.2. The maximum absolute atomic E-state index is 12.2. The minimum Gasteiger partial charge on any atom is -0.493 e. The third-order valence-electron chi connectivity index (χ3n) is 3.64. The summed E-state index contributed by atoms with van der Waals surface area (Å²) in [6, 6.07) is 6.21. The van der Waals surface area contributed by atoms with E-state index in [-0.39, 0.29) is 11.4 Å². The Morgan fingerprint density at radius 3 is 2.57 bits per heavy atom. The number of rotatable bonds is 4. The smallest absolute Gasteiger partial charge is 0.257 e. The lowest BCUT2D eigenvalue weighted by atomic mass is 10.2. The van der Waals surface area contributed by atoms with Gasteiger partial charge in [-0.2, -0.15) is 4.98 Å². The lowest BCUT2D eigenvalue weighted by Crippen LogP contribution is -2.22. The highest BCUT2D eigenvalue weighted by Gasteiger charge is 2.23. The Labute approximate surface area is 132 Å². The van der Waals surface area contributed by atoms with Gasteiger partial charge in [-0.05, 0) is 24.5 Å². The zero-order chi connectivity index (χ0) is 15.0. The van der Waals surface area contributed by atoms with Crippen LogP contribution in [0.25, 0.3) is 11.4 Å². The molecule has 0 saturated heterocycles. The van der Waals surface area contributed by atoms with Crippen LogP contribution in [0.5, 0.6) is 5.88 Å². The van der Waals surface area contributed by atoms with Crippen LogP contribution in [0.2, 0.25) is 10.0 Å². The highest BCUT2D eigenvalue weighted by molar-refractivity contribution is 6.38. The van der Waals surface area contributed by atoms with Crippen LogP contribution in [0, 0.1) is 5.92 Å². The van der Waals surface area contributed by atoms with Crippen molar-refractivity contribution in [2.75, 3.05) is 0 Å². The van der Waals surface area contributed by atoms with E-state index < -0.39 is 0 Å². The molecule has 1 heterocycles. The van der Waals surface area contributed by atoms with Gasteiger partial charge in [0.1, 0.15) is 5.82 Å². The molecular formula is C15H14Cl2N2O2. The molecule has 1 aromatic heterocycles. The summed E-state index contributed by atoms with van der Waals surface area (Å²) in [5.41, 5.74) is 0.179. The zero-order valence-electron chi connectivity index (χ0n) is 11.2. The van der Waals surface area contributed by atoms with Crippen molar-refractivity contribution in [3.63, 3.8) is 0 Å². The molecular weight excluding hydrogens is 311 g/mol. The average molecular weight is 325 g/mol. The molecule has 110 valence electrons. The van der Waals surface area contributed by atoms with Gasteiger partial charge in [0.15, 0.2) is 0 Å². The first-order valence-corrected chi connectivity index (χ1v) is 7.57. The lowest BCUT2D eigenvalue weighted by molar-refractivity contribution is 0.445. The molecule has 1 fully saturated rings. The van der Waals surface area contributed by atoms with E-state index in [0.717, 1.165) is 12.5 Å². The van der Waals surface area contributed by atoms with Crippen LogP contribution in [-0.2, 0) is 6.54 Å². The number of benzene rings is 1. The summed E-state index contributed by atoms with van der Waals surface area (Å²) in [7, 11) is 0. The van der Waals surface area contributed by atoms with Gasteiger partial charge in [-0.25, -0.2) is 0 Å². The third kappa shape index (κ3) is 3.06. The minimum atomic E-state index is -0.325. The standard InChI is InChI=1S/C15H14Cl2N2O2/c16-10-2-1-3-11(17)14(10)15-18-12(20)8-13(21)19(15)7-6-9-4-5-9/h1-3,8-9,20H,4-7H2. The number of hydrogen-bond acceptors (Lipinski definition) is 3. The molecule has 0 radical (unpaired) electrons. The lowest BCUT2D eigenvalue weighted by Gasteiger charge is -2.14. The van der Waals surface area contributed by atoms with Gasteiger partial charge in [-0.1, -0.05) is 42.1 Å². The summed E-state index contributed by atoms with van der Waals surface area (Å²) in [5.74, 6) is 0.671. The molecule has 0 amide bonds. The van der Waals surface area contributed by atoms with Gasteiger partial charge in [-0.3, -0.25) is 9.36 Å². The van der Waals surface area contributed by atoms with Crippen molar-refractivity contribution in [2.24, 2.45) is 5.92 Å². The van der Waals surface area contributed by atoms with E-state index in [2.05, 4.69) is 4.98 Å². The molecule has 0 spiro atoms. The van der Waals surface area contributed by atoms with Crippen LogP contribution in [0.15, 0.2) is 29.1 Å². The maximum Gasteiger partial charge on any atom is 0.257 e. The predicted molar refractivity (Wildman–Crippen MR) is 83.0 cm³/mol. The molecule has 4 nitrogen and oxygen atoms in total. The van der Waals surface area contributed by atoms with Gasteiger partial charge in [0.2, 0.25) is 5.88 Å². The van der Waals surface area contributed by atoms with Crippen LogP contribution < -0.4 is 5.56 Å². The molecule has 1 saturated carbocycles. The van der Waals surface area contributed by atoms with E-state index in [9.17, 15) is 9.90 Å². The largest absolute Gasteiger partial charge is 0.493 e. The van der Waals surface area contributed by atoms with Crippen molar-refractivity contribution in [3.05, 3.63) is 44.7 Å². The van der Waals surface area contributed by atoms with E-state index in [1.54, 1.807) is 18.2 Å². The first-order valence-electron chi connectivity index (χ1n) is 6.81. The Kier molecular flexibility index (Phi) is 3.91. The molecule has 0 aliphatic heterocycles. The molecule has 1 aliphatic rings. The van der Waals surface area contributed by atoms with Crippen molar-refractivity contribution in [2.45, 2.75) is 25.8 Å². The van der Waals surface area contributed by atoms with Gasteiger partial charge in [0.25, 0.3) is 5.56 Å². The summed E-state index contributed by atoms with van der Waals surface area (Å²) < 4.78 is 1.53. The van der Waals surface area contributed by atoms with Gasteiger partial charge in [-0.15, -0.1) is 0 Å². The first kappa shape index (κ1) is 14.4. The molecule has 2 aromatic rings. The number of halogens is 2. The van der Waals surface area contributed by atoms with Crippen molar-refractivity contribution in [1.82, 2.24) is 9.55 Å². The zero-order valence-corrected chi connectivity index (χ0v) is 12.7. The molecule has 0 unspecified atom stereocenters. The second-order valence-corrected chi connectivity index (χ2v) is 6.07. The number of hydrogen-bond donors (Lipinski definition) is 1. The molecule has 1 aromatic carbocycles. The Balaban J connectivity index is 2.13. The molecule has 21 heavy (non-hydrogen) atoms. The van der Waals surface area contributed by atoms with Crippen LogP contribution in [0.4, 0.5) is 0 Å². The minimum absolute atomic E-state index is 0.297. The molecule has 3 rings (SSSR count). The van der Waals surface area contributed by atoms with Crippen LogP contribution in [0.3, 0.4) is 0 Å².